The first-order valence-electron chi connectivity index (χ1n) is 5.83. The molecule has 86 valence electrons. The van der Waals surface area contributed by atoms with Crippen LogP contribution in [-0.2, 0) is 0 Å². The molecule has 0 amide bonds. The maximum Gasteiger partial charge on any atom is 0.0622 e. The molecule has 0 radical (unpaired) electrons. The van der Waals surface area contributed by atoms with Crippen LogP contribution in [-0.4, -0.2) is 7.05 Å². The van der Waals surface area contributed by atoms with E-state index in [2.05, 4.69) is 49.5 Å². The number of hydrogen-bond donors (Lipinski definition) is 1. The summed E-state index contributed by atoms with van der Waals surface area (Å²) in [6.45, 7) is 4.39. The molecule has 0 aliphatic carbocycles. The average molecular weight is 216 g/mol. The Morgan fingerprint density at radius 1 is 1.19 bits per heavy atom. The molecule has 1 atom stereocenters. The Balaban J connectivity index is 2.75. The topological polar surface area (TPSA) is 35.8 Å². The van der Waals surface area contributed by atoms with Crippen molar-refractivity contribution >= 4 is 0 Å². The van der Waals surface area contributed by atoms with Gasteiger partial charge >= 0.3 is 0 Å². The molecule has 0 saturated heterocycles. The lowest BCUT2D eigenvalue weighted by Gasteiger charge is -2.16. The summed E-state index contributed by atoms with van der Waals surface area (Å²) in [7, 11) is 1.94. The van der Waals surface area contributed by atoms with Crippen molar-refractivity contribution in [3.63, 3.8) is 0 Å². The molecule has 0 aliphatic heterocycles. The van der Waals surface area contributed by atoms with E-state index in [4.69, 9.17) is 5.26 Å². The molecule has 0 aliphatic rings. The van der Waals surface area contributed by atoms with Gasteiger partial charge in [-0.25, -0.2) is 0 Å². The highest BCUT2D eigenvalue weighted by atomic mass is 14.9. The Morgan fingerprint density at radius 3 is 2.19 bits per heavy atom. The zero-order chi connectivity index (χ0) is 12.0. The zero-order valence-corrected chi connectivity index (χ0v) is 10.3. The van der Waals surface area contributed by atoms with Crippen LogP contribution in [0.4, 0.5) is 0 Å². The first-order valence-corrected chi connectivity index (χ1v) is 5.83. The second-order valence-electron chi connectivity index (χ2n) is 4.36. The van der Waals surface area contributed by atoms with Crippen LogP contribution in [0.25, 0.3) is 0 Å². The SMILES string of the molecule is CNC(CCC#N)c1ccc(C(C)C)cc1. The fraction of sp³-hybridized carbons (Fsp3) is 0.500. The lowest BCUT2D eigenvalue weighted by molar-refractivity contribution is 0.557. The summed E-state index contributed by atoms with van der Waals surface area (Å²) in [6, 6.07) is 11.2. The van der Waals surface area contributed by atoms with E-state index in [9.17, 15) is 0 Å². The van der Waals surface area contributed by atoms with Gasteiger partial charge in [0.2, 0.25) is 0 Å². The van der Waals surface area contributed by atoms with Crippen molar-refractivity contribution in [2.45, 2.75) is 38.6 Å². The fourth-order valence-electron chi connectivity index (χ4n) is 1.80. The summed E-state index contributed by atoms with van der Waals surface area (Å²) < 4.78 is 0. The Morgan fingerprint density at radius 2 is 1.75 bits per heavy atom. The molecular weight excluding hydrogens is 196 g/mol. The predicted octanol–water partition coefficient (Wildman–Crippen LogP) is 3.37. The smallest absolute Gasteiger partial charge is 0.0622 e. The van der Waals surface area contributed by atoms with Crippen molar-refractivity contribution in [3.05, 3.63) is 35.4 Å². The van der Waals surface area contributed by atoms with Gasteiger partial charge in [0.1, 0.15) is 0 Å². The van der Waals surface area contributed by atoms with Gasteiger partial charge in [0, 0.05) is 12.5 Å². The van der Waals surface area contributed by atoms with Crippen LogP contribution in [0.1, 0.15) is 49.8 Å². The zero-order valence-electron chi connectivity index (χ0n) is 10.3. The highest BCUT2D eigenvalue weighted by Gasteiger charge is 2.08. The summed E-state index contributed by atoms with van der Waals surface area (Å²) in [5.74, 6) is 0.571. The van der Waals surface area contributed by atoms with Gasteiger partial charge in [0.15, 0.2) is 0 Å². The molecule has 0 bridgehead atoms. The Bertz CT molecular complexity index is 346. The number of hydrogen-bond acceptors (Lipinski definition) is 2. The first kappa shape index (κ1) is 12.7. The van der Waals surface area contributed by atoms with E-state index in [-0.39, 0.29) is 0 Å². The number of nitrogens with zero attached hydrogens (tertiary/aromatic N) is 1. The Kier molecular flexibility index (Phi) is 5.01. The van der Waals surface area contributed by atoms with Crippen LogP contribution in [0, 0.1) is 11.3 Å². The number of nitrogens with one attached hydrogen (secondary N) is 1. The van der Waals surface area contributed by atoms with Gasteiger partial charge in [-0.05, 0) is 30.5 Å². The second kappa shape index (κ2) is 6.30. The summed E-state index contributed by atoms with van der Waals surface area (Å²) >= 11 is 0. The van der Waals surface area contributed by atoms with E-state index in [1.807, 2.05) is 7.05 Å². The van der Waals surface area contributed by atoms with E-state index < -0.39 is 0 Å². The first-order chi connectivity index (χ1) is 7.69. The minimum atomic E-state index is 0.292. The van der Waals surface area contributed by atoms with Crippen molar-refractivity contribution in [3.8, 4) is 6.07 Å². The molecule has 2 heteroatoms. The lowest BCUT2D eigenvalue weighted by atomic mass is 9.97. The standard InChI is InChI=1S/C14H20N2/c1-11(2)12-6-8-13(9-7-12)14(16-3)5-4-10-15/h6-9,11,14,16H,4-5H2,1-3H3. The maximum absolute atomic E-state index is 8.60. The lowest BCUT2D eigenvalue weighted by Crippen LogP contribution is -2.16. The molecule has 2 nitrogen and oxygen atoms in total. The van der Waals surface area contributed by atoms with Crippen LogP contribution in [0.15, 0.2) is 24.3 Å². The van der Waals surface area contributed by atoms with Crippen molar-refractivity contribution in [1.29, 1.82) is 5.26 Å². The van der Waals surface area contributed by atoms with E-state index in [1.165, 1.54) is 11.1 Å². The highest BCUT2D eigenvalue weighted by Crippen LogP contribution is 2.21. The molecule has 1 aromatic carbocycles. The molecule has 0 spiro atoms. The fourth-order valence-corrected chi connectivity index (χ4v) is 1.80. The van der Waals surface area contributed by atoms with Crippen LogP contribution < -0.4 is 5.32 Å². The number of nitriles is 1. The summed E-state index contributed by atoms with van der Waals surface area (Å²) in [5, 5.41) is 11.8. The van der Waals surface area contributed by atoms with Crippen molar-refractivity contribution < 1.29 is 0 Å². The summed E-state index contributed by atoms with van der Waals surface area (Å²) in [5.41, 5.74) is 2.63. The average Bonchev–Trinajstić information content (AvgIpc) is 2.30. The molecule has 0 saturated carbocycles. The molecule has 0 aromatic heterocycles. The molecule has 1 rings (SSSR count). The van der Waals surface area contributed by atoms with Crippen molar-refractivity contribution in [1.82, 2.24) is 5.32 Å². The van der Waals surface area contributed by atoms with Gasteiger partial charge < -0.3 is 5.32 Å². The Labute approximate surface area is 98.3 Å². The quantitative estimate of drug-likeness (QED) is 0.819. The molecule has 1 N–H and O–H groups in total. The minimum Gasteiger partial charge on any atom is -0.313 e. The molecule has 1 aromatic rings. The second-order valence-corrected chi connectivity index (χ2v) is 4.36. The minimum absolute atomic E-state index is 0.292. The van der Waals surface area contributed by atoms with Crippen LogP contribution in [0.2, 0.25) is 0 Å². The predicted molar refractivity (Wildman–Crippen MR) is 67.2 cm³/mol. The third kappa shape index (κ3) is 3.36. The van der Waals surface area contributed by atoms with Gasteiger partial charge in [-0.3, -0.25) is 0 Å². The van der Waals surface area contributed by atoms with Crippen LogP contribution in [0.3, 0.4) is 0 Å². The van der Waals surface area contributed by atoms with Crippen molar-refractivity contribution in [2.24, 2.45) is 0 Å². The van der Waals surface area contributed by atoms with E-state index >= 15 is 0 Å². The van der Waals surface area contributed by atoms with Crippen LogP contribution >= 0.6 is 0 Å². The number of rotatable bonds is 5. The van der Waals surface area contributed by atoms with Gasteiger partial charge in [-0.1, -0.05) is 38.1 Å². The third-order valence-corrected chi connectivity index (χ3v) is 2.90. The van der Waals surface area contributed by atoms with Gasteiger partial charge in [0.05, 0.1) is 6.07 Å². The van der Waals surface area contributed by atoms with E-state index in [1.54, 1.807) is 0 Å². The molecule has 0 heterocycles. The van der Waals surface area contributed by atoms with E-state index in [0.717, 1.165) is 6.42 Å². The van der Waals surface area contributed by atoms with E-state index in [0.29, 0.717) is 18.4 Å². The number of benzene rings is 1. The molecule has 16 heavy (non-hydrogen) atoms. The Hall–Kier alpha value is -1.33. The largest absolute Gasteiger partial charge is 0.313 e. The van der Waals surface area contributed by atoms with Crippen molar-refractivity contribution in [2.75, 3.05) is 7.05 Å². The molecular formula is C14H20N2. The third-order valence-electron chi connectivity index (χ3n) is 2.90. The van der Waals surface area contributed by atoms with Crippen LogP contribution in [0.5, 0.6) is 0 Å². The molecule has 0 fully saturated rings. The summed E-state index contributed by atoms with van der Waals surface area (Å²) in [4.78, 5) is 0. The van der Waals surface area contributed by atoms with Gasteiger partial charge in [-0.15, -0.1) is 0 Å². The summed E-state index contributed by atoms with van der Waals surface area (Å²) in [6.07, 6.45) is 1.46. The monoisotopic (exact) mass is 216 g/mol. The van der Waals surface area contributed by atoms with Gasteiger partial charge in [-0.2, -0.15) is 5.26 Å². The maximum atomic E-state index is 8.60. The highest BCUT2D eigenvalue weighted by molar-refractivity contribution is 5.26. The normalized spacial score (nSPS) is 12.4. The van der Waals surface area contributed by atoms with Gasteiger partial charge in [0.25, 0.3) is 0 Å². The molecule has 1 unspecified atom stereocenters.